The number of carbonyl (C=O) groups excluding carboxylic acids is 2. The van der Waals surface area contributed by atoms with E-state index in [0.717, 1.165) is 19.5 Å². The lowest BCUT2D eigenvalue weighted by molar-refractivity contribution is 0.0450. The fourth-order valence-electron chi connectivity index (χ4n) is 3.48. The van der Waals surface area contributed by atoms with Crippen LogP contribution in [0.25, 0.3) is 10.9 Å². The Balaban J connectivity index is 1.85. The quantitative estimate of drug-likeness (QED) is 0.712. The van der Waals surface area contributed by atoms with Gasteiger partial charge in [-0.2, -0.15) is 0 Å². The predicted octanol–water partition coefficient (Wildman–Crippen LogP) is 2.94. The number of hydrogen-bond acceptors (Lipinski definition) is 5. The van der Waals surface area contributed by atoms with E-state index in [0.29, 0.717) is 22.7 Å². The number of nitrogens with two attached hydrogens (primary N) is 1. The second-order valence-corrected chi connectivity index (χ2v) is 8.06. The molecule has 2 heterocycles. The van der Waals surface area contributed by atoms with Crippen LogP contribution in [0.3, 0.4) is 0 Å². The van der Waals surface area contributed by atoms with E-state index in [2.05, 4.69) is 23.7 Å². The van der Waals surface area contributed by atoms with Gasteiger partial charge in [0.25, 0.3) is 5.91 Å². The molecule has 2 aromatic rings. The Labute approximate surface area is 165 Å². The van der Waals surface area contributed by atoms with Gasteiger partial charge >= 0.3 is 5.97 Å². The molecule has 1 aromatic heterocycles. The van der Waals surface area contributed by atoms with E-state index in [-0.39, 0.29) is 29.9 Å². The molecule has 0 saturated carbocycles. The highest BCUT2D eigenvalue weighted by atomic mass is 16.5. The van der Waals surface area contributed by atoms with Gasteiger partial charge in [-0.1, -0.05) is 13.8 Å². The summed E-state index contributed by atoms with van der Waals surface area (Å²) in [5.74, 6) is -0.398. The fraction of sp³-hybridized carbons (Fsp3) is 0.524. The van der Waals surface area contributed by atoms with Crippen molar-refractivity contribution in [3.8, 4) is 5.75 Å². The van der Waals surface area contributed by atoms with Crippen molar-refractivity contribution in [1.29, 1.82) is 0 Å². The van der Waals surface area contributed by atoms with E-state index in [9.17, 15) is 9.59 Å². The summed E-state index contributed by atoms with van der Waals surface area (Å²) < 4.78 is 11.4. The van der Waals surface area contributed by atoms with Gasteiger partial charge in [-0.05, 0) is 44.4 Å². The largest absolute Gasteiger partial charge is 0.489 e. The molecule has 0 aliphatic carbocycles. The zero-order chi connectivity index (χ0) is 20.4. The molecule has 1 unspecified atom stereocenters. The first-order chi connectivity index (χ1) is 13.3. The number of hydrogen-bond donors (Lipinski definition) is 2. The van der Waals surface area contributed by atoms with Crippen LogP contribution in [0.1, 0.15) is 55.0 Å². The number of nitrogens with zero attached hydrogens (tertiary/aromatic N) is 1. The fourth-order valence-corrected chi connectivity index (χ4v) is 3.48. The molecule has 3 rings (SSSR count). The highest BCUT2D eigenvalue weighted by Crippen LogP contribution is 2.29. The summed E-state index contributed by atoms with van der Waals surface area (Å²) in [6.07, 6.45) is 1.06. The molecule has 3 N–H and O–H groups in total. The number of carbonyl (C=O) groups is 2. The first-order valence-electron chi connectivity index (χ1n) is 9.79. The van der Waals surface area contributed by atoms with Crippen molar-refractivity contribution in [1.82, 2.24) is 9.88 Å². The lowest BCUT2D eigenvalue weighted by Crippen LogP contribution is -2.30. The minimum atomic E-state index is -0.674. The van der Waals surface area contributed by atoms with Crippen LogP contribution in [0, 0.1) is 5.92 Å². The van der Waals surface area contributed by atoms with Crippen LogP contribution in [-0.2, 0) is 4.74 Å². The van der Waals surface area contributed by atoms with E-state index < -0.39 is 11.9 Å². The number of amides is 1. The number of rotatable bonds is 7. The summed E-state index contributed by atoms with van der Waals surface area (Å²) >= 11 is 0. The van der Waals surface area contributed by atoms with Gasteiger partial charge in [0.05, 0.1) is 12.2 Å². The van der Waals surface area contributed by atoms with Crippen LogP contribution in [0.4, 0.5) is 0 Å². The van der Waals surface area contributed by atoms with Crippen LogP contribution in [0.5, 0.6) is 5.75 Å². The van der Waals surface area contributed by atoms with Crippen molar-refractivity contribution in [2.75, 3.05) is 19.7 Å². The van der Waals surface area contributed by atoms with Gasteiger partial charge in [0.15, 0.2) is 0 Å². The molecule has 7 nitrogen and oxygen atoms in total. The number of aromatic amines is 1. The average Bonchev–Trinajstić information content (AvgIpc) is 3.24. The maximum Gasteiger partial charge on any atom is 0.355 e. The summed E-state index contributed by atoms with van der Waals surface area (Å²) in [7, 11) is 0. The Bertz CT molecular complexity index is 872. The minimum absolute atomic E-state index is 0.0900. The molecular weight excluding hydrogens is 358 g/mol. The molecule has 1 aliphatic heterocycles. The third kappa shape index (κ3) is 4.30. The van der Waals surface area contributed by atoms with Gasteiger partial charge in [0.2, 0.25) is 0 Å². The average molecular weight is 387 g/mol. The number of primary amides is 1. The Hall–Kier alpha value is -2.54. The van der Waals surface area contributed by atoms with Crippen molar-refractivity contribution >= 4 is 22.8 Å². The van der Waals surface area contributed by atoms with Gasteiger partial charge in [0, 0.05) is 30.0 Å². The number of likely N-dealkylation sites (tertiary alicyclic amines) is 1. The number of esters is 1. The van der Waals surface area contributed by atoms with E-state index in [4.69, 9.17) is 15.2 Å². The molecule has 0 radical (unpaired) electrons. The van der Waals surface area contributed by atoms with Gasteiger partial charge in [0.1, 0.15) is 17.5 Å². The molecule has 1 atom stereocenters. The van der Waals surface area contributed by atoms with Crippen LogP contribution < -0.4 is 10.5 Å². The monoisotopic (exact) mass is 387 g/mol. The maximum absolute atomic E-state index is 12.4. The van der Waals surface area contributed by atoms with Gasteiger partial charge in [-0.15, -0.1) is 0 Å². The lowest BCUT2D eigenvalue weighted by Gasteiger charge is -2.20. The maximum atomic E-state index is 12.4. The van der Waals surface area contributed by atoms with E-state index in [1.54, 1.807) is 12.1 Å². The standard InChI is InChI=1S/C21H29N3O4/c1-12(2)11-27-21(26)19-18(20(22)25)16-9-14(5-6-17(16)23-19)28-15-7-8-24(10-15)13(3)4/h5-6,9,12-13,15,23H,7-8,10-11H2,1-4H3,(H2,22,25). The highest BCUT2D eigenvalue weighted by Gasteiger charge is 2.27. The van der Waals surface area contributed by atoms with Crippen molar-refractivity contribution < 1.29 is 19.1 Å². The Kier molecular flexibility index (Phi) is 5.93. The summed E-state index contributed by atoms with van der Waals surface area (Å²) in [5, 5.41) is 0.570. The molecule has 152 valence electrons. The Morgan fingerprint density at radius 3 is 2.64 bits per heavy atom. The van der Waals surface area contributed by atoms with E-state index in [1.807, 2.05) is 19.9 Å². The zero-order valence-corrected chi connectivity index (χ0v) is 17.0. The van der Waals surface area contributed by atoms with Crippen LogP contribution in [-0.4, -0.2) is 53.6 Å². The van der Waals surface area contributed by atoms with Crippen molar-refractivity contribution in [2.24, 2.45) is 11.7 Å². The molecule has 0 bridgehead atoms. The van der Waals surface area contributed by atoms with Gasteiger partial charge in [-0.3, -0.25) is 9.69 Å². The second kappa shape index (κ2) is 8.22. The molecule has 1 saturated heterocycles. The van der Waals surface area contributed by atoms with Gasteiger partial charge in [-0.25, -0.2) is 4.79 Å². The van der Waals surface area contributed by atoms with E-state index in [1.165, 1.54) is 0 Å². The van der Waals surface area contributed by atoms with Crippen molar-refractivity contribution in [3.05, 3.63) is 29.5 Å². The molecule has 1 aromatic carbocycles. The first-order valence-corrected chi connectivity index (χ1v) is 9.79. The third-order valence-electron chi connectivity index (χ3n) is 4.98. The number of aromatic nitrogens is 1. The number of nitrogens with one attached hydrogen (secondary N) is 1. The third-order valence-corrected chi connectivity index (χ3v) is 4.98. The lowest BCUT2D eigenvalue weighted by atomic mass is 10.1. The molecular formula is C21H29N3O4. The molecule has 1 aliphatic rings. The first kappa shape index (κ1) is 20.2. The predicted molar refractivity (Wildman–Crippen MR) is 108 cm³/mol. The molecule has 28 heavy (non-hydrogen) atoms. The molecule has 1 amide bonds. The molecule has 7 heteroatoms. The summed E-state index contributed by atoms with van der Waals surface area (Å²) in [5.41, 5.74) is 6.45. The van der Waals surface area contributed by atoms with Crippen LogP contribution in [0.2, 0.25) is 0 Å². The van der Waals surface area contributed by atoms with E-state index >= 15 is 0 Å². The topological polar surface area (TPSA) is 97.7 Å². The van der Waals surface area contributed by atoms with Crippen molar-refractivity contribution in [3.63, 3.8) is 0 Å². The molecule has 0 spiro atoms. The highest BCUT2D eigenvalue weighted by molar-refractivity contribution is 6.14. The normalized spacial score (nSPS) is 17.6. The summed E-state index contributed by atoms with van der Waals surface area (Å²) in [4.78, 5) is 29.8. The minimum Gasteiger partial charge on any atom is -0.489 e. The van der Waals surface area contributed by atoms with Crippen molar-refractivity contribution in [2.45, 2.75) is 46.3 Å². The number of H-pyrrole nitrogens is 1. The number of fused-ring (bicyclic) bond motifs is 1. The smallest absolute Gasteiger partial charge is 0.355 e. The summed E-state index contributed by atoms with van der Waals surface area (Å²) in [6.45, 7) is 10.4. The van der Waals surface area contributed by atoms with Crippen LogP contribution >= 0.6 is 0 Å². The molecule has 1 fully saturated rings. The van der Waals surface area contributed by atoms with Gasteiger partial charge < -0.3 is 20.2 Å². The van der Waals surface area contributed by atoms with Crippen LogP contribution in [0.15, 0.2) is 18.2 Å². The SMILES string of the molecule is CC(C)COC(=O)c1[nH]c2ccc(OC3CCN(C(C)C)C3)cc2c1C(N)=O. The number of ether oxygens (including phenoxy) is 2. The second-order valence-electron chi connectivity index (χ2n) is 8.06. The Morgan fingerprint density at radius 2 is 2.04 bits per heavy atom. The zero-order valence-electron chi connectivity index (χ0n) is 17.0. The summed E-state index contributed by atoms with van der Waals surface area (Å²) in [6, 6.07) is 5.89. The Morgan fingerprint density at radius 1 is 1.29 bits per heavy atom. The number of benzene rings is 1.